The van der Waals surface area contributed by atoms with Gasteiger partial charge in [-0.15, -0.1) is 0 Å². The largest absolute Gasteiger partial charge is 0.497 e. The summed E-state index contributed by atoms with van der Waals surface area (Å²) in [5, 5.41) is 1.83. The minimum atomic E-state index is 0.0629. The smallest absolute Gasteiger partial charge is 0.226 e. The Labute approximate surface area is 199 Å². The third-order valence-electron chi connectivity index (χ3n) is 7.05. The van der Waals surface area contributed by atoms with Gasteiger partial charge in [-0.2, -0.15) is 0 Å². The molecule has 1 atom stereocenters. The zero-order valence-electron chi connectivity index (χ0n) is 19.1. The van der Waals surface area contributed by atoms with Gasteiger partial charge in [0, 0.05) is 54.5 Å². The molecule has 2 aliphatic heterocycles. The van der Waals surface area contributed by atoms with Crippen molar-refractivity contribution < 1.29 is 9.53 Å². The Morgan fingerprint density at radius 2 is 1.85 bits per heavy atom. The summed E-state index contributed by atoms with van der Waals surface area (Å²) in [6, 6.07) is 13.9. The predicted molar refractivity (Wildman–Crippen MR) is 131 cm³/mol. The summed E-state index contributed by atoms with van der Waals surface area (Å²) >= 11 is 6.39. The molecule has 3 heterocycles. The van der Waals surface area contributed by atoms with E-state index < -0.39 is 0 Å². The lowest BCUT2D eigenvalue weighted by Crippen LogP contribution is -2.42. The number of piperidine rings is 1. The SMILES string of the molecule is COc1ccc2c(C)nc(N3CCC(C(=O)N4CC[C@@H](c5ccccc5Cl)C4)CC3)nc2c1. The molecular weight excluding hydrogens is 436 g/mol. The number of hydrogen-bond acceptors (Lipinski definition) is 5. The summed E-state index contributed by atoms with van der Waals surface area (Å²) in [4.78, 5) is 27.0. The number of aryl methyl sites for hydroxylation is 1. The van der Waals surface area contributed by atoms with Crippen LogP contribution in [-0.4, -0.2) is 54.1 Å². The van der Waals surface area contributed by atoms with Crippen molar-refractivity contribution in [2.75, 3.05) is 38.2 Å². The second kappa shape index (κ2) is 9.18. The number of nitrogens with zero attached hydrogens (tertiary/aromatic N) is 4. The van der Waals surface area contributed by atoms with Crippen molar-refractivity contribution in [2.45, 2.75) is 32.1 Å². The summed E-state index contributed by atoms with van der Waals surface area (Å²) in [6.45, 7) is 5.15. The van der Waals surface area contributed by atoms with Gasteiger partial charge in [0.05, 0.1) is 18.3 Å². The van der Waals surface area contributed by atoms with Crippen molar-refractivity contribution in [3.05, 3.63) is 58.7 Å². The molecule has 2 saturated heterocycles. The Kier molecular flexibility index (Phi) is 6.11. The zero-order valence-corrected chi connectivity index (χ0v) is 19.9. The van der Waals surface area contributed by atoms with Gasteiger partial charge in [-0.25, -0.2) is 9.97 Å². The number of carbonyl (C=O) groups is 1. The maximum Gasteiger partial charge on any atom is 0.226 e. The molecule has 0 saturated carbocycles. The van der Waals surface area contributed by atoms with Crippen LogP contribution < -0.4 is 9.64 Å². The van der Waals surface area contributed by atoms with Crippen molar-refractivity contribution in [3.63, 3.8) is 0 Å². The normalized spacial score (nSPS) is 19.3. The monoisotopic (exact) mass is 464 g/mol. The standard InChI is InChI=1S/C26H29ClN4O2/c1-17-21-8-7-20(33-2)15-24(21)29-26(28-17)30-12-9-18(10-13-30)25(32)31-14-11-19(16-31)22-5-3-4-6-23(22)27/h3-8,15,18-19H,9-14,16H2,1-2H3/t19-/m1/s1. The van der Waals surface area contributed by atoms with Crippen LogP contribution in [0.2, 0.25) is 5.02 Å². The highest BCUT2D eigenvalue weighted by molar-refractivity contribution is 6.31. The molecule has 0 spiro atoms. The molecule has 2 aromatic carbocycles. The molecule has 5 rings (SSSR count). The van der Waals surface area contributed by atoms with Crippen LogP contribution in [0.5, 0.6) is 5.75 Å². The molecule has 0 N–H and O–H groups in total. The number of methoxy groups -OCH3 is 1. The summed E-state index contributed by atoms with van der Waals surface area (Å²) in [7, 11) is 1.66. The molecule has 172 valence electrons. The van der Waals surface area contributed by atoms with Gasteiger partial charge >= 0.3 is 0 Å². The van der Waals surface area contributed by atoms with E-state index in [0.717, 1.165) is 84.3 Å². The van der Waals surface area contributed by atoms with Gasteiger partial charge in [0.25, 0.3) is 0 Å². The van der Waals surface area contributed by atoms with Gasteiger partial charge in [-0.05, 0) is 49.9 Å². The molecule has 7 heteroatoms. The van der Waals surface area contributed by atoms with Crippen LogP contribution in [0.25, 0.3) is 10.9 Å². The van der Waals surface area contributed by atoms with E-state index in [1.807, 2.05) is 48.2 Å². The second-order valence-electron chi connectivity index (χ2n) is 9.04. The first-order valence-corrected chi connectivity index (χ1v) is 12.0. The number of halogens is 1. The third kappa shape index (κ3) is 4.36. The van der Waals surface area contributed by atoms with E-state index in [1.165, 1.54) is 0 Å². The van der Waals surface area contributed by atoms with Crippen LogP contribution in [0.15, 0.2) is 42.5 Å². The lowest BCUT2D eigenvalue weighted by molar-refractivity contribution is -0.135. The van der Waals surface area contributed by atoms with E-state index in [1.54, 1.807) is 7.11 Å². The molecule has 0 unspecified atom stereocenters. The number of fused-ring (bicyclic) bond motifs is 1. The zero-order chi connectivity index (χ0) is 22.9. The van der Waals surface area contributed by atoms with Crippen LogP contribution in [-0.2, 0) is 4.79 Å². The Morgan fingerprint density at radius 1 is 1.06 bits per heavy atom. The van der Waals surface area contributed by atoms with E-state index in [4.69, 9.17) is 26.3 Å². The highest BCUT2D eigenvalue weighted by Gasteiger charge is 2.34. The molecule has 33 heavy (non-hydrogen) atoms. The number of aromatic nitrogens is 2. The highest BCUT2D eigenvalue weighted by atomic mass is 35.5. The van der Waals surface area contributed by atoms with Crippen molar-refractivity contribution in [1.29, 1.82) is 0 Å². The van der Waals surface area contributed by atoms with Crippen LogP contribution in [0.1, 0.15) is 36.4 Å². The number of rotatable bonds is 4. The number of likely N-dealkylation sites (tertiary alicyclic amines) is 1. The first kappa shape index (κ1) is 22.0. The van der Waals surface area contributed by atoms with E-state index in [0.29, 0.717) is 5.92 Å². The van der Waals surface area contributed by atoms with Gasteiger partial charge in [0.15, 0.2) is 0 Å². The van der Waals surface area contributed by atoms with E-state index in [-0.39, 0.29) is 11.8 Å². The average Bonchev–Trinajstić information content (AvgIpc) is 3.33. The lowest BCUT2D eigenvalue weighted by atomic mass is 9.95. The molecule has 1 aromatic heterocycles. The second-order valence-corrected chi connectivity index (χ2v) is 9.45. The Hall–Kier alpha value is -2.86. The van der Waals surface area contributed by atoms with Crippen LogP contribution >= 0.6 is 11.6 Å². The molecule has 1 amide bonds. The lowest BCUT2D eigenvalue weighted by Gasteiger charge is -2.33. The Morgan fingerprint density at radius 3 is 2.61 bits per heavy atom. The quantitative estimate of drug-likeness (QED) is 0.553. The van der Waals surface area contributed by atoms with Gasteiger partial charge in [-0.3, -0.25) is 4.79 Å². The summed E-state index contributed by atoms with van der Waals surface area (Å²) in [6.07, 6.45) is 2.62. The van der Waals surface area contributed by atoms with E-state index in [2.05, 4.69) is 11.0 Å². The first-order valence-electron chi connectivity index (χ1n) is 11.6. The molecule has 0 bridgehead atoms. The van der Waals surface area contributed by atoms with Gasteiger partial charge in [0.1, 0.15) is 5.75 Å². The molecular formula is C26H29ClN4O2. The van der Waals surface area contributed by atoms with Crippen molar-refractivity contribution in [2.24, 2.45) is 5.92 Å². The molecule has 6 nitrogen and oxygen atoms in total. The highest BCUT2D eigenvalue weighted by Crippen LogP contribution is 2.34. The number of anilines is 1. The van der Waals surface area contributed by atoms with E-state index >= 15 is 0 Å². The van der Waals surface area contributed by atoms with Crippen LogP contribution in [0.4, 0.5) is 5.95 Å². The molecule has 0 radical (unpaired) electrons. The van der Waals surface area contributed by atoms with Crippen LogP contribution in [0.3, 0.4) is 0 Å². The minimum Gasteiger partial charge on any atom is -0.497 e. The molecule has 2 fully saturated rings. The van der Waals surface area contributed by atoms with Crippen molar-refractivity contribution in [3.8, 4) is 5.75 Å². The number of benzene rings is 2. The number of ether oxygens (including phenoxy) is 1. The fourth-order valence-corrected chi connectivity index (χ4v) is 5.42. The number of hydrogen-bond donors (Lipinski definition) is 0. The predicted octanol–water partition coefficient (Wildman–Crippen LogP) is 4.83. The van der Waals surface area contributed by atoms with Gasteiger partial charge < -0.3 is 14.5 Å². The maximum atomic E-state index is 13.2. The number of carbonyl (C=O) groups excluding carboxylic acids is 1. The topological polar surface area (TPSA) is 58.6 Å². The molecule has 2 aliphatic rings. The third-order valence-corrected chi connectivity index (χ3v) is 7.40. The van der Waals surface area contributed by atoms with Gasteiger partial charge in [0.2, 0.25) is 11.9 Å². The molecule has 0 aliphatic carbocycles. The Balaban J connectivity index is 1.23. The molecule has 3 aromatic rings. The minimum absolute atomic E-state index is 0.0629. The first-order chi connectivity index (χ1) is 16.0. The Bertz CT molecular complexity index is 1180. The fourth-order valence-electron chi connectivity index (χ4n) is 5.13. The van der Waals surface area contributed by atoms with Crippen molar-refractivity contribution in [1.82, 2.24) is 14.9 Å². The summed E-state index contributed by atoms with van der Waals surface area (Å²) < 4.78 is 5.36. The summed E-state index contributed by atoms with van der Waals surface area (Å²) in [5.74, 6) is 2.20. The maximum absolute atomic E-state index is 13.2. The average molecular weight is 465 g/mol. The van der Waals surface area contributed by atoms with E-state index in [9.17, 15) is 4.79 Å². The van der Waals surface area contributed by atoms with Crippen molar-refractivity contribution >= 4 is 34.4 Å². The fraction of sp³-hybridized carbons (Fsp3) is 0.423. The van der Waals surface area contributed by atoms with Gasteiger partial charge in [-0.1, -0.05) is 29.8 Å². The van der Waals surface area contributed by atoms with Crippen LogP contribution in [0, 0.1) is 12.8 Å². The summed E-state index contributed by atoms with van der Waals surface area (Å²) in [5.41, 5.74) is 3.00. The number of amides is 1.